The van der Waals surface area contributed by atoms with Crippen LogP contribution in [0.15, 0.2) is 49.1 Å². The molecule has 2 saturated carbocycles. The van der Waals surface area contributed by atoms with E-state index in [0.717, 1.165) is 40.4 Å². The third kappa shape index (κ3) is 3.07. The highest BCUT2D eigenvalue weighted by Gasteiger charge is 2.39. The SMILES string of the molecule is O=C(NC[C@@H]1C[C@H]2CC[C@H]1C2)c1cc(-c2cccnc2)c2cnccc2n1. The molecule has 5 nitrogen and oxygen atoms in total. The Labute approximate surface area is 158 Å². The second-order valence-electron chi connectivity index (χ2n) is 7.83. The molecule has 0 aliphatic heterocycles. The monoisotopic (exact) mass is 358 g/mol. The molecule has 27 heavy (non-hydrogen) atoms. The van der Waals surface area contributed by atoms with Gasteiger partial charge in [0.25, 0.3) is 5.91 Å². The van der Waals surface area contributed by atoms with Gasteiger partial charge < -0.3 is 5.32 Å². The Hall–Kier alpha value is -2.82. The van der Waals surface area contributed by atoms with Gasteiger partial charge in [0, 0.05) is 42.3 Å². The molecule has 3 heterocycles. The number of hydrogen-bond donors (Lipinski definition) is 1. The lowest BCUT2D eigenvalue weighted by Gasteiger charge is -2.21. The lowest BCUT2D eigenvalue weighted by molar-refractivity contribution is 0.0937. The molecule has 2 fully saturated rings. The van der Waals surface area contributed by atoms with Gasteiger partial charge in [-0.25, -0.2) is 4.98 Å². The summed E-state index contributed by atoms with van der Waals surface area (Å²) >= 11 is 0. The number of carbonyl (C=O) groups is 1. The van der Waals surface area contributed by atoms with Crippen LogP contribution in [0.3, 0.4) is 0 Å². The molecule has 136 valence electrons. The molecule has 0 saturated heterocycles. The number of aromatic nitrogens is 3. The third-order valence-electron chi connectivity index (χ3n) is 6.22. The summed E-state index contributed by atoms with van der Waals surface area (Å²) in [5.74, 6) is 2.23. The number of nitrogens with one attached hydrogen (secondary N) is 1. The molecule has 5 heteroatoms. The van der Waals surface area contributed by atoms with E-state index in [4.69, 9.17) is 0 Å². The van der Waals surface area contributed by atoms with Crippen LogP contribution in [-0.2, 0) is 0 Å². The molecule has 0 unspecified atom stereocenters. The van der Waals surface area contributed by atoms with E-state index in [1.165, 1.54) is 25.7 Å². The fourth-order valence-electron chi connectivity index (χ4n) is 4.89. The van der Waals surface area contributed by atoms with E-state index < -0.39 is 0 Å². The van der Waals surface area contributed by atoms with Gasteiger partial charge in [-0.1, -0.05) is 12.5 Å². The van der Waals surface area contributed by atoms with Crippen molar-refractivity contribution in [3.8, 4) is 11.1 Å². The van der Waals surface area contributed by atoms with Crippen molar-refractivity contribution in [3.05, 3.63) is 54.7 Å². The quantitative estimate of drug-likeness (QED) is 0.769. The number of pyridine rings is 3. The van der Waals surface area contributed by atoms with Crippen LogP contribution in [0.4, 0.5) is 0 Å². The Balaban J connectivity index is 1.43. The van der Waals surface area contributed by atoms with E-state index in [1.807, 2.05) is 24.3 Å². The van der Waals surface area contributed by atoms with Gasteiger partial charge in [-0.3, -0.25) is 14.8 Å². The summed E-state index contributed by atoms with van der Waals surface area (Å²) in [6.45, 7) is 0.762. The van der Waals surface area contributed by atoms with E-state index in [0.29, 0.717) is 11.6 Å². The maximum absolute atomic E-state index is 12.8. The number of carbonyl (C=O) groups excluding carboxylic acids is 1. The molecular formula is C22H22N4O. The lowest BCUT2D eigenvalue weighted by atomic mass is 9.89. The van der Waals surface area contributed by atoms with Crippen molar-refractivity contribution in [2.75, 3.05) is 6.54 Å². The third-order valence-corrected chi connectivity index (χ3v) is 6.22. The van der Waals surface area contributed by atoms with Gasteiger partial charge in [0.15, 0.2) is 0 Å². The molecule has 3 aromatic rings. The number of fused-ring (bicyclic) bond motifs is 3. The summed E-state index contributed by atoms with van der Waals surface area (Å²) in [6, 6.07) is 7.59. The zero-order valence-corrected chi connectivity index (χ0v) is 15.1. The van der Waals surface area contributed by atoms with Crippen LogP contribution < -0.4 is 5.32 Å². The molecular weight excluding hydrogens is 336 g/mol. The maximum atomic E-state index is 12.8. The second kappa shape index (κ2) is 6.72. The van der Waals surface area contributed by atoms with E-state index in [9.17, 15) is 4.79 Å². The van der Waals surface area contributed by atoms with Crippen molar-refractivity contribution in [2.45, 2.75) is 25.7 Å². The normalized spacial score (nSPS) is 23.6. The predicted molar refractivity (Wildman–Crippen MR) is 104 cm³/mol. The van der Waals surface area contributed by atoms with Crippen molar-refractivity contribution in [2.24, 2.45) is 17.8 Å². The van der Waals surface area contributed by atoms with E-state index in [2.05, 4.69) is 20.3 Å². The fraction of sp³-hybridized carbons (Fsp3) is 0.364. The molecule has 3 atom stereocenters. The highest BCUT2D eigenvalue weighted by molar-refractivity contribution is 6.00. The standard InChI is InChI=1S/C22H22N4O/c27-22(25-12-17-9-14-3-4-15(17)8-14)21-10-18(16-2-1-6-23-11-16)19-13-24-7-5-20(19)26-21/h1-2,5-7,10-11,13-15,17H,3-4,8-9,12H2,(H,25,27)/t14-,15-,17-/m0/s1. The summed E-state index contributed by atoms with van der Waals surface area (Å²) in [6.07, 6.45) is 12.4. The molecule has 5 rings (SSSR count). The minimum atomic E-state index is -0.0957. The summed E-state index contributed by atoms with van der Waals surface area (Å²) in [7, 11) is 0. The molecule has 0 aromatic carbocycles. The van der Waals surface area contributed by atoms with E-state index >= 15 is 0 Å². The van der Waals surface area contributed by atoms with E-state index in [-0.39, 0.29) is 5.91 Å². The second-order valence-corrected chi connectivity index (χ2v) is 7.83. The summed E-state index contributed by atoms with van der Waals surface area (Å²) < 4.78 is 0. The van der Waals surface area contributed by atoms with Crippen LogP contribution >= 0.6 is 0 Å². The predicted octanol–water partition coefficient (Wildman–Crippen LogP) is 3.86. The molecule has 0 radical (unpaired) electrons. The average Bonchev–Trinajstić information content (AvgIpc) is 3.35. The number of amides is 1. The number of hydrogen-bond acceptors (Lipinski definition) is 4. The number of nitrogens with zero attached hydrogens (tertiary/aromatic N) is 3. The Bertz CT molecular complexity index is 988. The zero-order valence-electron chi connectivity index (χ0n) is 15.1. The van der Waals surface area contributed by atoms with Crippen LogP contribution in [-0.4, -0.2) is 27.4 Å². The summed E-state index contributed by atoms with van der Waals surface area (Å²) in [4.78, 5) is 25.8. The van der Waals surface area contributed by atoms with Gasteiger partial charge in [-0.15, -0.1) is 0 Å². The Morgan fingerprint density at radius 1 is 1.11 bits per heavy atom. The largest absolute Gasteiger partial charge is 0.350 e. The molecule has 1 N–H and O–H groups in total. The first-order valence-corrected chi connectivity index (χ1v) is 9.71. The zero-order chi connectivity index (χ0) is 18.2. The van der Waals surface area contributed by atoms with Crippen molar-refractivity contribution < 1.29 is 4.79 Å². The Morgan fingerprint density at radius 2 is 2.04 bits per heavy atom. The minimum absolute atomic E-state index is 0.0957. The first-order chi connectivity index (χ1) is 13.3. The first kappa shape index (κ1) is 16.4. The van der Waals surface area contributed by atoms with E-state index in [1.54, 1.807) is 24.8 Å². The molecule has 0 spiro atoms. The van der Waals surface area contributed by atoms with Crippen molar-refractivity contribution in [1.29, 1.82) is 0 Å². The Kier molecular flexibility index (Phi) is 4.07. The van der Waals surface area contributed by atoms with Gasteiger partial charge >= 0.3 is 0 Å². The van der Waals surface area contributed by atoms with Crippen molar-refractivity contribution in [1.82, 2.24) is 20.3 Å². The van der Waals surface area contributed by atoms with Gasteiger partial charge in [0.1, 0.15) is 5.69 Å². The lowest BCUT2D eigenvalue weighted by Crippen LogP contribution is -2.32. The summed E-state index contributed by atoms with van der Waals surface area (Å²) in [5.41, 5.74) is 3.12. The first-order valence-electron chi connectivity index (χ1n) is 9.71. The van der Waals surface area contributed by atoms with Crippen LogP contribution in [0.1, 0.15) is 36.2 Å². The molecule has 3 aromatic heterocycles. The maximum Gasteiger partial charge on any atom is 0.269 e. The van der Waals surface area contributed by atoms with Crippen LogP contribution in [0.25, 0.3) is 22.0 Å². The van der Waals surface area contributed by atoms with Gasteiger partial charge in [0.05, 0.1) is 5.52 Å². The van der Waals surface area contributed by atoms with Crippen molar-refractivity contribution in [3.63, 3.8) is 0 Å². The molecule has 2 aliphatic rings. The average molecular weight is 358 g/mol. The van der Waals surface area contributed by atoms with Gasteiger partial charge in [0.2, 0.25) is 0 Å². The van der Waals surface area contributed by atoms with Crippen LogP contribution in [0.5, 0.6) is 0 Å². The number of rotatable bonds is 4. The van der Waals surface area contributed by atoms with Crippen molar-refractivity contribution >= 4 is 16.8 Å². The molecule has 2 bridgehead atoms. The van der Waals surface area contributed by atoms with Crippen LogP contribution in [0, 0.1) is 17.8 Å². The smallest absolute Gasteiger partial charge is 0.269 e. The highest BCUT2D eigenvalue weighted by atomic mass is 16.1. The highest BCUT2D eigenvalue weighted by Crippen LogP contribution is 2.47. The van der Waals surface area contributed by atoms with Crippen LogP contribution in [0.2, 0.25) is 0 Å². The van der Waals surface area contributed by atoms with Gasteiger partial charge in [-0.2, -0.15) is 0 Å². The van der Waals surface area contributed by atoms with Gasteiger partial charge in [-0.05, 0) is 60.8 Å². The Morgan fingerprint density at radius 3 is 2.81 bits per heavy atom. The molecule has 1 amide bonds. The minimum Gasteiger partial charge on any atom is -0.350 e. The fourth-order valence-corrected chi connectivity index (χ4v) is 4.89. The topological polar surface area (TPSA) is 67.8 Å². The summed E-state index contributed by atoms with van der Waals surface area (Å²) in [5, 5.41) is 4.06. The molecule has 2 aliphatic carbocycles.